The van der Waals surface area contributed by atoms with Crippen molar-refractivity contribution < 1.29 is 19.4 Å². The number of carbonyl (C=O) groups is 2. The number of fused-ring (bicyclic) bond motifs is 1. The monoisotopic (exact) mass is 277 g/mol. The molecule has 0 bridgehead atoms. The minimum Gasteiger partial charge on any atom is -0.497 e. The normalized spacial score (nSPS) is 17.1. The number of rotatable bonds is 5. The van der Waals surface area contributed by atoms with Gasteiger partial charge in [-0.3, -0.25) is 9.59 Å². The van der Waals surface area contributed by atoms with Crippen LogP contribution in [0.3, 0.4) is 0 Å². The second-order valence-electron chi connectivity index (χ2n) is 5.03. The molecule has 1 atom stereocenters. The van der Waals surface area contributed by atoms with E-state index in [-0.39, 0.29) is 18.4 Å². The average Bonchev–Trinajstić information content (AvgIpc) is 2.45. The summed E-state index contributed by atoms with van der Waals surface area (Å²) in [5.41, 5.74) is 2.41. The predicted molar refractivity (Wildman–Crippen MR) is 73.9 cm³/mol. The number of carboxylic acid groups (broad SMARTS) is 1. The SMILES string of the molecule is COc1ccc2c(c1)CCC[C@H]2CC(=O)NCC(=O)O. The lowest BCUT2D eigenvalue weighted by molar-refractivity contribution is -0.138. The molecule has 20 heavy (non-hydrogen) atoms. The van der Waals surface area contributed by atoms with Gasteiger partial charge in [0.2, 0.25) is 5.91 Å². The highest BCUT2D eigenvalue weighted by molar-refractivity contribution is 5.81. The highest BCUT2D eigenvalue weighted by Crippen LogP contribution is 2.35. The molecule has 0 spiro atoms. The van der Waals surface area contributed by atoms with E-state index in [4.69, 9.17) is 9.84 Å². The lowest BCUT2D eigenvalue weighted by Gasteiger charge is -2.25. The van der Waals surface area contributed by atoms with E-state index < -0.39 is 5.97 Å². The van der Waals surface area contributed by atoms with E-state index in [0.717, 1.165) is 25.0 Å². The number of hydrogen-bond acceptors (Lipinski definition) is 3. The highest BCUT2D eigenvalue weighted by atomic mass is 16.5. The molecule has 1 aliphatic carbocycles. The van der Waals surface area contributed by atoms with Crippen molar-refractivity contribution in [3.63, 3.8) is 0 Å². The van der Waals surface area contributed by atoms with Crippen LogP contribution in [0.5, 0.6) is 5.75 Å². The van der Waals surface area contributed by atoms with E-state index in [0.29, 0.717) is 6.42 Å². The minimum absolute atomic E-state index is 0.165. The molecule has 0 radical (unpaired) electrons. The average molecular weight is 277 g/mol. The Morgan fingerprint density at radius 3 is 2.95 bits per heavy atom. The Labute approximate surface area is 117 Å². The first-order valence-electron chi connectivity index (χ1n) is 6.75. The standard InChI is InChI=1S/C15H19NO4/c1-20-12-5-6-13-10(7-12)3-2-4-11(13)8-14(17)16-9-15(18)19/h5-7,11H,2-4,8-9H2,1H3,(H,16,17)(H,18,19)/t11-/m0/s1. The molecule has 1 aromatic carbocycles. The molecule has 108 valence electrons. The van der Waals surface area contributed by atoms with Crippen LogP contribution >= 0.6 is 0 Å². The molecule has 2 N–H and O–H groups in total. The molecule has 1 aromatic rings. The number of benzene rings is 1. The van der Waals surface area contributed by atoms with Gasteiger partial charge < -0.3 is 15.2 Å². The maximum atomic E-state index is 11.7. The number of hydrogen-bond donors (Lipinski definition) is 2. The van der Waals surface area contributed by atoms with Crippen molar-refractivity contribution in [1.29, 1.82) is 0 Å². The summed E-state index contributed by atoms with van der Waals surface area (Å²) in [4.78, 5) is 22.2. The fraction of sp³-hybridized carbons (Fsp3) is 0.467. The van der Waals surface area contributed by atoms with E-state index in [1.807, 2.05) is 18.2 Å². The summed E-state index contributed by atoms with van der Waals surface area (Å²) < 4.78 is 5.22. The maximum Gasteiger partial charge on any atom is 0.322 e. The largest absolute Gasteiger partial charge is 0.497 e. The molecule has 0 saturated heterocycles. The van der Waals surface area contributed by atoms with Crippen LogP contribution < -0.4 is 10.1 Å². The van der Waals surface area contributed by atoms with E-state index >= 15 is 0 Å². The third-order valence-electron chi connectivity index (χ3n) is 3.66. The Morgan fingerprint density at radius 1 is 1.45 bits per heavy atom. The van der Waals surface area contributed by atoms with Gasteiger partial charge in [0, 0.05) is 6.42 Å². The molecule has 1 aliphatic rings. The van der Waals surface area contributed by atoms with Gasteiger partial charge in [-0.05, 0) is 48.4 Å². The summed E-state index contributed by atoms with van der Waals surface area (Å²) >= 11 is 0. The molecule has 0 aliphatic heterocycles. The topological polar surface area (TPSA) is 75.6 Å². The van der Waals surface area contributed by atoms with Gasteiger partial charge in [0.05, 0.1) is 7.11 Å². The third kappa shape index (κ3) is 3.50. The third-order valence-corrected chi connectivity index (χ3v) is 3.66. The molecular formula is C15H19NO4. The van der Waals surface area contributed by atoms with Crippen LogP contribution in [0.2, 0.25) is 0 Å². The van der Waals surface area contributed by atoms with Crippen LogP contribution in [0.1, 0.15) is 36.3 Å². The number of amides is 1. The van der Waals surface area contributed by atoms with Crippen LogP contribution in [0.25, 0.3) is 0 Å². The number of methoxy groups -OCH3 is 1. The minimum atomic E-state index is -1.02. The fourth-order valence-electron chi connectivity index (χ4n) is 2.70. The first-order valence-corrected chi connectivity index (χ1v) is 6.75. The second kappa shape index (κ2) is 6.41. The molecule has 0 heterocycles. The summed E-state index contributed by atoms with van der Waals surface area (Å²) in [6.45, 7) is -0.318. The summed E-state index contributed by atoms with van der Waals surface area (Å²) in [5.74, 6) is -0.230. The molecule has 2 rings (SSSR count). The number of aliphatic carboxylic acids is 1. The van der Waals surface area contributed by atoms with Gasteiger partial charge >= 0.3 is 5.97 Å². The fourth-order valence-corrected chi connectivity index (χ4v) is 2.70. The Hall–Kier alpha value is -2.04. The number of aryl methyl sites for hydroxylation is 1. The zero-order valence-corrected chi connectivity index (χ0v) is 11.5. The number of carboxylic acids is 1. The Kier molecular flexibility index (Phi) is 4.61. The second-order valence-corrected chi connectivity index (χ2v) is 5.03. The molecule has 1 amide bonds. The molecular weight excluding hydrogens is 258 g/mol. The van der Waals surface area contributed by atoms with E-state index in [9.17, 15) is 9.59 Å². The molecule has 0 unspecified atom stereocenters. The van der Waals surface area contributed by atoms with Crippen molar-refractivity contribution in [3.8, 4) is 5.75 Å². The zero-order valence-electron chi connectivity index (χ0n) is 11.5. The van der Waals surface area contributed by atoms with Gasteiger partial charge in [0.15, 0.2) is 0 Å². The van der Waals surface area contributed by atoms with Crippen molar-refractivity contribution in [3.05, 3.63) is 29.3 Å². The van der Waals surface area contributed by atoms with Gasteiger partial charge in [-0.1, -0.05) is 6.07 Å². The van der Waals surface area contributed by atoms with Gasteiger partial charge in [0.1, 0.15) is 12.3 Å². The lowest BCUT2D eigenvalue weighted by Crippen LogP contribution is -2.30. The molecule has 0 saturated carbocycles. The van der Waals surface area contributed by atoms with Crippen molar-refractivity contribution >= 4 is 11.9 Å². The Morgan fingerprint density at radius 2 is 2.25 bits per heavy atom. The Balaban J connectivity index is 2.04. The van der Waals surface area contributed by atoms with Gasteiger partial charge in [-0.2, -0.15) is 0 Å². The van der Waals surface area contributed by atoms with Crippen molar-refractivity contribution in [2.75, 3.05) is 13.7 Å². The molecule has 5 heteroatoms. The highest BCUT2D eigenvalue weighted by Gasteiger charge is 2.23. The summed E-state index contributed by atoms with van der Waals surface area (Å²) in [6.07, 6.45) is 3.34. The quantitative estimate of drug-likeness (QED) is 0.859. The van der Waals surface area contributed by atoms with Gasteiger partial charge in [-0.15, -0.1) is 0 Å². The first kappa shape index (κ1) is 14.4. The van der Waals surface area contributed by atoms with Crippen LogP contribution in [0, 0.1) is 0 Å². The Bertz CT molecular complexity index is 513. The first-order chi connectivity index (χ1) is 9.60. The van der Waals surface area contributed by atoms with Crippen molar-refractivity contribution in [2.45, 2.75) is 31.6 Å². The maximum absolute atomic E-state index is 11.7. The predicted octanol–water partition coefficient (Wildman–Crippen LogP) is 1.71. The number of ether oxygens (including phenoxy) is 1. The zero-order chi connectivity index (χ0) is 14.5. The van der Waals surface area contributed by atoms with E-state index in [1.165, 1.54) is 11.1 Å². The summed E-state index contributed by atoms with van der Waals surface area (Å²) in [7, 11) is 1.64. The van der Waals surface area contributed by atoms with Crippen molar-refractivity contribution in [1.82, 2.24) is 5.32 Å². The van der Waals surface area contributed by atoms with E-state index in [2.05, 4.69) is 5.32 Å². The van der Waals surface area contributed by atoms with Crippen LogP contribution in [-0.2, 0) is 16.0 Å². The molecule has 5 nitrogen and oxygen atoms in total. The lowest BCUT2D eigenvalue weighted by atomic mass is 9.81. The smallest absolute Gasteiger partial charge is 0.322 e. The molecule has 0 aromatic heterocycles. The van der Waals surface area contributed by atoms with Crippen LogP contribution in [0.15, 0.2) is 18.2 Å². The number of nitrogens with one attached hydrogen (secondary N) is 1. The van der Waals surface area contributed by atoms with Gasteiger partial charge in [0.25, 0.3) is 0 Å². The van der Waals surface area contributed by atoms with Gasteiger partial charge in [-0.25, -0.2) is 0 Å². The number of carbonyl (C=O) groups excluding carboxylic acids is 1. The van der Waals surface area contributed by atoms with Crippen molar-refractivity contribution in [2.24, 2.45) is 0 Å². The van der Waals surface area contributed by atoms with Crippen LogP contribution in [-0.4, -0.2) is 30.6 Å². The summed E-state index contributed by atoms with van der Waals surface area (Å²) in [6, 6.07) is 5.95. The summed E-state index contributed by atoms with van der Waals surface area (Å²) in [5, 5.41) is 11.0. The van der Waals surface area contributed by atoms with E-state index in [1.54, 1.807) is 7.11 Å². The molecule has 0 fully saturated rings. The van der Waals surface area contributed by atoms with Crippen LogP contribution in [0.4, 0.5) is 0 Å².